The van der Waals surface area contributed by atoms with Gasteiger partial charge in [-0.2, -0.15) is 4.98 Å². The Bertz CT molecular complexity index is 909. The molecule has 1 aliphatic carbocycles. The first-order chi connectivity index (χ1) is 13.5. The summed E-state index contributed by atoms with van der Waals surface area (Å²) in [6.07, 6.45) is 8.57. The molecule has 1 aromatic carbocycles. The molecule has 3 N–H and O–H groups in total. The summed E-state index contributed by atoms with van der Waals surface area (Å²) in [6.45, 7) is 2.57. The quantitative estimate of drug-likeness (QED) is 0.480. The van der Waals surface area contributed by atoms with Crippen molar-refractivity contribution >= 4 is 33.9 Å². The monoisotopic (exact) mass is 443 g/mol. The van der Waals surface area contributed by atoms with Gasteiger partial charge in [0.25, 0.3) is 5.91 Å². The van der Waals surface area contributed by atoms with Crippen LogP contribution in [0.5, 0.6) is 5.88 Å². The van der Waals surface area contributed by atoms with Gasteiger partial charge < -0.3 is 15.8 Å². The Morgan fingerprint density at radius 2 is 2.25 bits per heavy atom. The molecule has 1 amide bonds. The molecule has 0 saturated heterocycles. The summed E-state index contributed by atoms with van der Waals surface area (Å²) in [6, 6.07) is 7.93. The summed E-state index contributed by atoms with van der Waals surface area (Å²) in [7, 11) is 0. The van der Waals surface area contributed by atoms with E-state index < -0.39 is 0 Å². The first kappa shape index (κ1) is 20.0. The molecule has 1 aliphatic rings. The number of halogens is 1. The number of hydrogen-bond donors (Lipinski definition) is 2. The summed E-state index contributed by atoms with van der Waals surface area (Å²) >= 11 is 3.47. The van der Waals surface area contributed by atoms with E-state index in [0.717, 1.165) is 29.3 Å². The molecule has 3 rings (SSSR count). The Kier molecular flexibility index (Phi) is 6.41. The first-order valence-corrected chi connectivity index (χ1v) is 9.85. The molecule has 0 aliphatic heterocycles. The summed E-state index contributed by atoms with van der Waals surface area (Å²) in [5.41, 5.74) is 6.71. The molecule has 0 spiro atoms. The van der Waals surface area contributed by atoms with Crippen LogP contribution in [0.25, 0.3) is 0 Å². The van der Waals surface area contributed by atoms with Gasteiger partial charge in [0.05, 0.1) is 30.2 Å². The van der Waals surface area contributed by atoms with E-state index in [9.17, 15) is 4.79 Å². The minimum Gasteiger partial charge on any atom is -0.477 e. The molecule has 8 heteroatoms. The number of amides is 1. The van der Waals surface area contributed by atoms with Gasteiger partial charge in [0.2, 0.25) is 5.88 Å². The van der Waals surface area contributed by atoms with Crippen molar-refractivity contribution in [1.29, 1.82) is 0 Å². The Labute approximate surface area is 172 Å². The molecule has 7 nitrogen and oxygen atoms in total. The van der Waals surface area contributed by atoms with Crippen molar-refractivity contribution in [2.45, 2.75) is 31.7 Å². The lowest BCUT2D eigenvalue weighted by molar-refractivity contribution is -0.118. The summed E-state index contributed by atoms with van der Waals surface area (Å²) in [5, 5.41) is 3.03. The number of ether oxygens (including phenoxy) is 1. The zero-order valence-corrected chi connectivity index (χ0v) is 17.1. The lowest BCUT2D eigenvalue weighted by atomic mass is 10.0. The van der Waals surface area contributed by atoms with Crippen molar-refractivity contribution in [3.63, 3.8) is 0 Å². The average molecular weight is 444 g/mol. The Morgan fingerprint density at radius 1 is 1.43 bits per heavy atom. The number of allylic oxidation sites excluding steroid dienone is 1. The highest BCUT2D eigenvalue weighted by molar-refractivity contribution is 9.10. The van der Waals surface area contributed by atoms with Gasteiger partial charge in [-0.1, -0.05) is 35.0 Å². The van der Waals surface area contributed by atoms with Crippen molar-refractivity contribution in [1.82, 2.24) is 15.3 Å². The number of carbonyl (C=O) groups is 1. The fourth-order valence-corrected chi connectivity index (χ4v) is 3.03. The number of carbonyl (C=O) groups excluding carboxylic acids is 1. The molecular formula is C20H22BrN5O2. The zero-order chi connectivity index (χ0) is 20.0. The number of hydrogen-bond acceptors (Lipinski definition) is 6. The van der Waals surface area contributed by atoms with Gasteiger partial charge in [0.15, 0.2) is 5.82 Å². The van der Waals surface area contributed by atoms with Gasteiger partial charge in [0.1, 0.15) is 0 Å². The van der Waals surface area contributed by atoms with Crippen LogP contribution in [0.3, 0.4) is 0 Å². The van der Waals surface area contributed by atoms with Gasteiger partial charge in [-0.3, -0.25) is 9.78 Å². The van der Waals surface area contributed by atoms with Crippen LogP contribution in [0.15, 0.2) is 57.9 Å². The van der Waals surface area contributed by atoms with E-state index in [1.807, 2.05) is 31.2 Å². The van der Waals surface area contributed by atoms with Gasteiger partial charge in [-0.15, -0.1) is 0 Å². The second-order valence-electron chi connectivity index (χ2n) is 6.51. The molecule has 1 fully saturated rings. The van der Waals surface area contributed by atoms with E-state index in [4.69, 9.17) is 10.5 Å². The van der Waals surface area contributed by atoms with E-state index in [1.54, 1.807) is 0 Å². The van der Waals surface area contributed by atoms with Gasteiger partial charge in [-0.05, 0) is 43.0 Å². The van der Waals surface area contributed by atoms with Crippen molar-refractivity contribution < 1.29 is 9.53 Å². The lowest BCUT2D eigenvalue weighted by Gasteiger charge is -2.18. The summed E-state index contributed by atoms with van der Waals surface area (Å²) in [4.78, 5) is 24.8. The van der Waals surface area contributed by atoms with Crippen molar-refractivity contribution in [2.24, 2.45) is 10.7 Å². The van der Waals surface area contributed by atoms with Crippen LogP contribution in [0.1, 0.15) is 31.7 Å². The number of rotatable bonds is 8. The molecule has 0 unspecified atom stereocenters. The highest BCUT2D eigenvalue weighted by Crippen LogP contribution is 2.46. The maximum atomic E-state index is 12.4. The molecular weight excluding hydrogens is 422 g/mol. The summed E-state index contributed by atoms with van der Waals surface area (Å²) in [5.74, 6) is 0.469. The first-order valence-electron chi connectivity index (χ1n) is 9.05. The van der Waals surface area contributed by atoms with Crippen LogP contribution in [0, 0.1) is 0 Å². The zero-order valence-electron chi connectivity index (χ0n) is 15.6. The lowest BCUT2D eigenvalue weighted by Crippen LogP contribution is -2.37. The van der Waals surface area contributed by atoms with E-state index in [1.165, 1.54) is 24.7 Å². The third kappa shape index (κ3) is 5.16. The predicted octanol–water partition coefficient (Wildman–Crippen LogP) is 3.38. The topological polar surface area (TPSA) is 102 Å². The molecule has 1 heterocycles. The molecule has 28 heavy (non-hydrogen) atoms. The SMILES string of the molecule is CCCOc1cncc(/N=C/C=C(\N)C(=O)NC2(c3cccc(Br)c3)CC2)n1. The smallest absolute Gasteiger partial charge is 0.267 e. The van der Waals surface area contributed by atoms with Crippen molar-refractivity contribution in [3.8, 4) is 5.88 Å². The molecule has 146 valence electrons. The fraction of sp³-hybridized carbons (Fsp3) is 0.300. The van der Waals surface area contributed by atoms with Crippen molar-refractivity contribution in [2.75, 3.05) is 6.61 Å². The molecule has 1 aromatic heterocycles. The van der Waals surface area contributed by atoms with Crippen LogP contribution < -0.4 is 15.8 Å². The average Bonchev–Trinajstić information content (AvgIpc) is 3.47. The molecule has 0 radical (unpaired) electrons. The number of nitrogens with one attached hydrogen (secondary N) is 1. The summed E-state index contributed by atoms with van der Waals surface area (Å²) < 4.78 is 6.40. The number of nitrogens with two attached hydrogens (primary N) is 1. The second-order valence-corrected chi connectivity index (χ2v) is 7.43. The van der Waals surface area contributed by atoms with Crippen LogP contribution >= 0.6 is 15.9 Å². The second kappa shape index (κ2) is 8.97. The Hall–Kier alpha value is -2.74. The van der Waals surface area contributed by atoms with E-state index in [0.29, 0.717) is 18.3 Å². The van der Waals surface area contributed by atoms with Crippen LogP contribution in [-0.2, 0) is 10.3 Å². The normalized spacial score (nSPS) is 15.4. The van der Waals surface area contributed by atoms with E-state index >= 15 is 0 Å². The van der Waals surface area contributed by atoms with Gasteiger partial charge in [-0.25, -0.2) is 4.99 Å². The number of aliphatic imine (C=N–C) groups is 1. The van der Waals surface area contributed by atoms with Gasteiger partial charge in [0, 0.05) is 10.7 Å². The standard InChI is InChI=1S/C20H22BrN5O2/c1-2-10-28-18-13-23-12-17(25-18)24-9-6-16(22)19(27)26-20(7-8-20)14-4-3-5-15(21)11-14/h3-6,9,11-13H,2,7-8,10,22H2,1H3,(H,26,27)/b16-6-,24-9+. The molecule has 0 atom stereocenters. The number of benzene rings is 1. The van der Waals surface area contributed by atoms with Crippen LogP contribution in [0.4, 0.5) is 5.82 Å². The maximum absolute atomic E-state index is 12.4. The number of nitrogens with zero attached hydrogens (tertiary/aromatic N) is 3. The maximum Gasteiger partial charge on any atom is 0.267 e. The molecule has 1 saturated carbocycles. The third-order valence-corrected chi connectivity index (χ3v) is 4.75. The number of aromatic nitrogens is 2. The molecule has 2 aromatic rings. The van der Waals surface area contributed by atoms with E-state index in [-0.39, 0.29) is 17.1 Å². The predicted molar refractivity (Wildman–Crippen MR) is 111 cm³/mol. The minimum atomic E-state index is -0.340. The highest BCUT2D eigenvalue weighted by atomic mass is 79.9. The molecule has 0 bridgehead atoms. The van der Waals surface area contributed by atoms with Crippen molar-refractivity contribution in [3.05, 3.63) is 58.5 Å². The minimum absolute atomic E-state index is 0.0800. The highest BCUT2D eigenvalue weighted by Gasteiger charge is 2.45. The Balaban J connectivity index is 1.62. The van der Waals surface area contributed by atoms with Gasteiger partial charge >= 0.3 is 0 Å². The third-order valence-electron chi connectivity index (χ3n) is 4.26. The van der Waals surface area contributed by atoms with E-state index in [2.05, 4.69) is 36.2 Å². The van der Waals surface area contributed by atoms with Crippen LogP contribution in [0.2, 0.25) is 0 Å². The fourth-order valence-electron chi connectivity index (χ4n) is 2.63. The Morgan fingerprint density at radius 3 is 2.96 bits per heavy atom. The largest absolute Gasteiger partial charge is 0.477 e. The van der Waals surface area contributed by atoms with Crippen LogP contribution in [-0.4, -0.2) is 28.7 Å².